The minimum absolute atomic E-state index is 0.100. The van der Waals surface area contributed by atoms with E-state index in [0.29, 0.717) is 21.8 Å². The lowest BCUT2D eigenvalue weighted by atomic mass is 9.98. The molecule has 0 radical (unpaired) electrons. The van der Waals surface area contributed by atoms with E-state index < -0.39 is 0 Å². The number of hydrogen-bond donors (Lipinski definition) is 1. The lowest BCUT2D eigenvalue weighted by molar-refractivity contribution is -0.118. The number of nitrogens with zero attached hydrogens (tertiary/aromatic N) is 2. The number of carbonyl (C=O) groups excluding carboxylic acids is 1. The summed E-state index contributed by atoms with van der Waals surface area (Å²) in [4.78, 5) is 12.0. The maximum Gasteiger partial charge on any atom is 0.264 e. The van der Waals surface area contributed by atoms with E-state index in [1.807, 2.05) is 18.2 Å². The summed E-state index contributed by atoms with van der Waals surface area (Å²) in [7, 11) is 0. The SMILES string of the molecule is CC(Cc1nnc(NC(=O)COc2ccc(Cl)cc2)s1)c1ccccc1. The summed E-state index contributed by atoms with van der Waals surface area (Å²) in [6.45, 7) is 2.05. The molecule has 134 valence electrons. The number of hydrogen-bond acceptors (Lipinski definition) is 5. The molecule has 0 fully saturated rings. The van der Waals surface area contributed by atoms with Gasteiger partial charge in [0.1, 0.15) is 10.8 Å². The second kappa shape index (κ2) is 8.78. The molecule has 2 aromatic carbocycles. The molecule has 0 saturated heterocycles. The van der Waals surface area contributed by atoms with Gasteiger partial charge in [-0.05, 0) is 35.7 Å². The number of rotatable bonds is 7. The number of nitrogens with one attached hydrogen (secondary N) is 1. The van der Waals surface area contributed by atoms with Crippen molar-refractivity contribution in [3.63, 3.8) is 0 Å². The van der Waals surface area contributed by atoms with Crippen molar-refractivity contribution in [2.45, 2.75) is 19.3 Å². The molecule has 3 aromatic rings. The highest BCUT2D eigenvalue weighted by atomic mass is 35.5. The van der Waals surface area contributed by atoms with E-state index in [2.05, 4.69) is 34.6 Å². The Kier molecular flexibility index (Phi) is 6.20. The van der Waals surface area contributed by atoms with Crippen LogP contribution in [0.5, 0.6) is 5.75 Å². The highest BCUT2D eigenvalue weighted by Gasteiger charge is 2.12. The molecule has 1 N–H and O–H groups in total. The molecule has 0 aliphatic carbocycles. The van der Waals surface area contributed by atoms with Crippen LogP contribution >= 0.6 is 22.9 Å². The second-order valence-corrected chi connectivity index (χ2v) is 7.31. The fraction of sp³-hybridized carbons (Fsp3) is 0.211. The summed E-state index contributed by atoms with van der Waals surface area (Å²) in [6.07, 6.45) is 0.777. The van der Waals surface area contributed by atoms with Crippen molar-refractivity contribution in [2.75, 3.05) is 11.9 Å². The Morgan fingerprint density at radius 2 is 1.88 bits per heavy atom. The molecule has 1 aromatic heterocycles. The van der Waals surface area contributed by atoms with Gasteiger partial charge in [0, 0.05) is 11.4 Å². The van der Waals surface area contributed by atoms with E-state index in [1.165, 1.54) is 16.9 Å². The molecule has 1 heterocycles. The number of ether oxygens (including phenoxy) is 1. The van der Waals surface area contributed by atoms with Crippen LogP contribution in [0.15, 0.2) is 54.6 Å². The Hall–Kier alpha value is -2.44. The van der Waals surface area contributed by atoms with Gasteiger partial charge in [-0.15, -0.1) is 10.2 Å². The summed E-state index contributed by atoms with van der Waals surface area (Å²) < 4.78 is 5.41. The van der Waals surface area contributed by atoms with Crippen LogP contribution in [0.2, 0.25) is 5.02 Å². The maximum absolute atomic E-state index is 12.0. The monoisotopic (exact) mass is 387 g/mol. The molecule has 3 rings (SSSR count). The van der Waals surface area contributed by atoms with Crippen molar-refractivity contribution < 1.29 is 9.53 Å². The van der Waals surface area contributed by atoms with Crippen molar-refractivity contribution >= 4 is 34.0 Å². The molecule has 0 aliphatic heterocycles. The largest absolute Gasteiger partial charge is 0.484 e. The number of carbonyl (C=O) groups is 1. The lowest BCUT2D eigenvalue weighted by Crippen LogP contribution is -2.20. The Labute approximate surface area is 161 Å². The van der Waals surface area contributed by atoms with Crippen molar-refractivity contribution in [3.05, 3.63) is 70.2 Å². The average molecular weight is 388 g/mol. The number of benzene rings is 2. The van der Waals surface area contributed by atoms with E-state index in [-0.39, 0.29) is 12.5 Å². The van der Waals surface area contributed by atoms with Crippen LogP contribution in [0.4, 0.5) is 5.13 Å². The van der Waals surface area contributed by atoms with Crippen molar-refractivity contribution in [1.82, 2.24) is 10.2 Å². The van der Waals surface area contributed by atoms with Crippen LogP contribution in [-0.2, 0) is 11.2 Å². The Morgan fingerprint density at radius 1 is 1.15 bits per heavy atom. The number of halogens is 1. The first-order valence-corrected chi connectivity index (χ1v) is 9.35. The number of aromatic nitrogens is 2. The van der Waals surface area contributed by atoms with Crippen LogP contribution < -0.4 is 10.1 Å². The fourth-order valence-electron chi connectivity index (χ4n) is 2.38. The summed E-state index contributed by atoms with van der Waals surface area (Å²) in [5.74, 6) is 0.638. The van der Waals surface area contributed by atoms with Crippen LogP contribution in [0.1, 0.15) is 23.4 Å². The van der Waals surface area contributed by atoms with E-state index >= 15 is 0 Å². The van der Waals surface area contributed by atoms with Crippen LogP contribution in [0, 0.1) is 0 Å². The second-order valence-electron chi connectivity index (χ2n) is 5.81. The van der Waals surface area contributed by atoms with E-state index in [1.54, 1.807) is 24.3 Å². The van der Waals surface area contributed by atoms with Gasteiger partial charge in [-0.2, -0.15) is 0 Å². The Bertz CT molecular complexity index is 853. The average Bonchev–Trinajstić information content (AvgIpc) is 3.08. The quantitative estimate of drug-likeness (QED) is 0.645. The zero-order valence-corrected chi connectivity index (χ0v) is 15.8. The standard InChI is InChI=1S/C19H18ClN3O2S/c1-13(14-5-3-2-4-6-14)11-18-22-23-19(26-18)21-17(24)12-25-16-9-7-15(20)8-10-16/h2-10,13H,11-12H2,1H3,(H,21,23,24). The molecule has 0 aliphatic rings. The van der Waals surface area contributed by atoms with Crippen molar-refractivity contribution in [2.24, 2.45) is 0 Å². The summed E-state index contributed by atoms with van der Waals surface area (Å²) in [6, 6.07) is 17.1. The molecule has 5 nitrogen and oxygen atoms in total. The van der Waals surface area contributed by atoms with Gasteiger partial charge in [0.15, 0.2) is 6.61 Å². The molecular formula is C19H18ClN3O2S. The van der Waals surface area contributed by atoms with Gasteiger partial charge >= 0.3 is 0 Å². The minimum Gasteiger partial charge on any atom is -0.484 e. The lowest BCUT2D eigenvalue weighted by Gasteiger charge is -2.08. The van der Waals surface area contributed by atoms with Crippen LogP contribution in [0.3, 0.4) is 0 Å². The van der Waals surface area contributed by atoms with E-state index in [9.17, 15) is 4.79 Å². The molecular weight excluding hydrogens is 370 g/mol. The predicted octanol–water partition coefficient (Wildman–Crippen LogP) is 4.56. The molecule has 1 atom stereocenters. The molecule has 7 heteroatoms. The third-order valence-corrected chi connectivity index (χ3v) is 4.86. The van der Waals surface area contributed by atoms with Crippen LogP contribution in [0.25, 0.3) is 0 Å². The first-order chi connectivity index (χ1) is 12.6. The zero-order valence-electron chi connectivity index (χ0n) is 14.2. The van der Waals surface area contributed by atoms with Gasteiger partial charge in [0.2, 0.25) is 5.13 Å². The van der Waals surface area contributed by atoms with Gasteiger partial charge in [-0.1, -0.05) is 60.2 Å². The van der Waals surface area contributed by atoms with Crippen LogP contribution in [-0.4, -0.2) is 22.7 Å². The summed E-state index contributed by atoms with van der Waals surface area (Å²) in [5, 5.41) is 12.9. The normalized spacial score (nSPS) is 11.8. The van der Waals surface area contributed by atoms with Gasteiger partial charge in [0.25, 0.3) is 5.91 Å². The maximum atomic E-state index is 12.0. The Morgan fingerprint density at radius 3 is 2.62 bits per heavy atom. The predicted molar refractivity (Wildman–Crippen MR) is 104 cm³/mol. The molecule has 1 amide bonds. The first kappa shape index (κ1) is 18.4. The van der Waals surface area contributed by atoms with E-state index in [4.69, 9.17) is 16.3 Å². The van der Waals surface area contributed by atoms with Gasteiger partial charge in [-0.25, -0.2) is 0 Å². The van der Waals surface area contributed by atoms with Crippen molar-refractivity contribution in [3.8, 4) is 5.75 Å². The van der Waals surface area contributed by atoms with E-state index in [0.717, 1.165) is 11.4 Å². The first-order valence-electron chi connectivity index (χ1n) is 8.15. The van der Waals surface area contributed by atoms with Gasteiger partial charge in [-0.3, -0.25) is 10.1 Å². The highest BCUT2D eigenvalue weighted by Crippen LogP contribution is 2.24. The minimum atomic E-state index is -0.279. The van der Waals surface area contributed by atoms with Crippen molar-refractivity contribution in [1.29, 1.82) is 0 Å². The number of anilines is 1. The third kappa shape index (κ3) is 5.28. The Balaban J connectivity index is 1.49. The molecule has 26 heavy (non-hydrogen) atoms. The molecule has 0 spiro atoms. The smallest absolute Gasteiger partial charge is 0.264 e. The van der Waals surface area contributed by atoms with Gasteiger partial charge in [0.05, 0.1) is 0 Å². The summed E-state index contributed by atoms with van der Waals surface area (Å²) >= 11 is 7.19. The topological polar surface area (TPSA) is 64.1 Å². The number of amides is 1. The summed E-state index contributed by atoms with van der Waals surface area (Å²) in [5.41, 5.74) is 1.25. The zero-order chi connectivity index (χ0) is 18.4. The molecule has 0 bridgehead atoms. The third-order valence-electron chi connectivity index (χ3n) is 3.75. The highest BCUT2D eigenvalue weighted by molar-refractivity contribution is 7.15. The van der Waals surface area contributed by atoms with Gasteiger partial charge < -0.3 is 4.74 Å². The molecule has 1 unspecified atom stereocenters. The fourth-order valence-corrected chi connectivity index (χ4v) is 3.39. The molecule has 0 saturated carbocycles.